The van der Waals surface area contributed by atoms with E-state index < -0.39 is 34.8 Å². The zero-order valence-corrected chi connectivity index (χ0v) is 15.4. The normalized spacial score (nSPS) is 15.3. The number of hydrogen-bond donors (Lipinski definition) is 2. The molecule has 2 N–H and O–H groups in total. The Balaban J connectivity index is 2.06. The van der Waals surface area contributed by atoms with Gasteiger partial charge in [0.05, 0.1) is 18.2 Å². The van der Waals surface area contributed by atoms with E-state index in [2.05, 4.69) is 4.98 Å². The molecule has 1 aromatic heterocycles. The molecule has 1 aliphatic rings. The van der Waals surface area contributed by atoms with Crippen molar-refractivity contribution in [3.8, 4) is 5.75 Å². The summed E-state index contributed by atoms with van der Waals surface area (Å²) in [5, 5.41) is 18.5. The zero-order chi connectivity index (χ0) is 20.9. The van der Waals surface area contributed by atoms with Crippen LogP contribution in [0.5, 0.6) is 5.75 Å². The first-order valence-corrected chi connectivity index (χ1v) is 8.33. The van der Waals surface area contributed by atoms with Gasteiger partial charge in [-0.3, -0.25) is 5.41 Å². The van der Waals surface area contributed by atoms with Crippen molar-refractivity contribution in [1.82, 2.24) is 9.88 Å². The highest BCUT2D eigenvalue weighted by Gasteiger charge is 2.42. The van der Waals surface area contributed by atoms with Crippen LogP contribution in [0.15, 0.2) is 30.3 Å². The fraction of sp³-hybridized carbons (Fsp3) is 0.316. The molecule has 0 bridgehead atoms. The van der Waals surface area contributed by atoms with Crippen molar-refractivity contribution in [2.75, 3.05) is 7.11 Å². The van der Waals surface area contributed by atoms with Crippen LogP contribution in [0, 0.1) is 5.41 Å². The van der Waals surface area contributed by atoms with Crippen molar-refractivity contribution in [3.05, 3.63) is 58.4 Å². The lowest BCUT2D eigenvalue weighted by atomic mass is 9.91. The Morgan fingerprint density at radius 2 is 1.96 bits per heavy atom. The molecule has 0 radical (unpaired) electrons. The number of carbonyl (C=O) groups excluding carboxylic acids is 1. The number of fused-ring (bicyclic) bond motifs is 1. The molecule has 3 rings (SSSR count). The number of aromatic nitrogens is 1. The van der Waals surface area contributed by atoms with Crippen LogP contribution in [0.1, 0.15) is 46.7 Å². The van der Waals surface area contributed by atoms with Gasteiger partial charge in [-0.05, 0) is 43.2 Å². The molecule has 1 aromatic carbocycles. The van der Waals surface area contributed by atoms with Crippen LogP contribution in [-0.4, -0.2) is 33.9 Å². The standard InChI is InChI=1S/C19H18F3N3O3/c1-18(2)12-6-4-5-10(17(27)28-3)11(12)9-25(18)16(23)15-13(26)7-8-14(24-15)19(20,21)22/h4-8,23,26H,9H2,1-3H3. The summed E-state index contributed by atoms with van der Waals surface area (Å²) in [7, 11) is 1.26. The van der Waals surface area contributed by atoms with E-state index in [9.17, 15) is 23.1 Å². The quantitative estimate of drug-likeness (QED) is 0.462. The maximum atomic E-state index is 13.0. The topological polar surface area (TPSA) is 86.5 Å². The van der Waals surface area contributed by atoms with E-state index in [1.54, 1.807) is 32.0 Å². The molecule has 2 aromatic rings. The van der Waals surface area contributed by atoms with Gasteiger partial charge in [-0.2, -0.15) is 13.2 Å². The van der Waals surface area contributed by atoms with Gasteiger partial charge < -0.3 is 14.7 Å². The Morgan fingerprint density at radius 1 is 1.29 bits per heavy atom. The average Bonchev–Trinajstić information content (AvgIpc) is 2.91. The van der Waals surface area contributed by atoms with Gasteiger partial charge >= 0.3 is 12.1 Å². The molecular weight excluding hydrogens is 375 g/mol. The number of nitrogens with one attached hydrogen (secondary N) is 1. The number of halogens is 3. The summed E-state index contributed by atoms with van der Waals surface area (Å²) in [6.45, 7) is 3.64. The molecule has 0 atom stereocenters. The number of esters is 1. The maximum absolute atomic E-state index is 13.0. The molecule has 148 valence electrons. The third-order valence-electron chi connectivity index (χ3n) is 4.89. The third-order valence-corrected chi connectivity index (χ3v) is 4.89. The molecule has 0 unspecified atom stereocenters. The molecule has 0 spiro atoms. The second-order valence-electron chi connectivity index (χ2n) is 6.88. The van der Waals surface area contributed by atoms with E-state index in [-0.39, 0.29) is 12.4 Å². The van der Waals surface area contributed by atoms with Crippen molar-refractivity contribution in [2.24, 2.45) is 0 Å². The number of ether oxygens (including phenoxy) is 1. The van der Waals surface area contributed by atoms with E-state index in [4.69, 9.17) is 10.1 Å². The lowest BCUT2D eigenvalue weighted by Gasteiger charge is -2.34. The largest absolute Gasteiger partial charge is 0.506 e. The van der Waals surface area contributed by atoms with Crippen LogP contribution in [0.3, 0.4) is 0 Å². The van der Waals surface area contributed by atoms with Crippen LogP contribution in [-0.2, 0) is 23.0 Å². The molecule has 0 saturated heterocycles. The summed E-state index contributed by atoms with van der Waals surface area (Å²) in [6.07, 6.45) is -4.70. The number of rotatable bonds is 2. The minimum Gasteiger partial charge on any atom is -0.506 e. The number of hydrogen-bond acceptors (Lipinski definition) is 5. The Labute approximate surface area is 159 Å². The first-order valence-electron chi connectivity index (χ1n) is 8.33. The highest BCUT2D eigenvalue weighted by atomic mass is 19.4. The van der Waals surface area contributed by atoms with Gasteiger partial charge in [0.2, 0.25) is 0 Å². The van der Waals surface area contributed by atoms with Crippen molar-refractivity contribution < 1.29 is 27.8 Å². The maximum Gasteiger partial charge on any atom is 0.433 e. The lowest BCUT2D eigenvalue weighted by Crippen LogP contribution is -2.40. The smallest absolute Gasteiger partial charge is 0.433 e. The summed E-state index contributed by atoms with van der Waals surface area (Å²) in [5.41, 5.74) is -0.810. The Morgan fingerprint density at radius 3 is 2.57 bits per heavy atom. The number of aromatic hydroxyl groups is 1. The minimum atomic E-state index is -4.70. The summed E-state index contributed by atoms with van der Waals surface area (Å²) in [4.78, 5) is 17.0. The van der Waals surface area contributed by atoms with Gasteiger partial charge in [-0.25, -0.2) is 9.78 Å². The predicted molar refractivity (Wildman–Crippen MR) is 94.1 cm³/mol. The van der Waals surface area contributed by atoms with Crippen LogP contribution < -0.4 is 0 Å². The predicted octanol–water partition coefficient (Wildman–Crippen LogP) is 3.67. The fourth-order valence-electron chi connectivity index (χ4n) is 3.40. The van der Waals surface area contributed by atoms with Crippen molar-refractivity contribution in [2.45, 2.75) is 32.1 Å². The van der Waals surface area contributed by atoms with Crippen molar-refractivity contribution >= 4 is 11.8 Å². The molecular formula is C19H18F3N3O3. The number of pyridine rings is 1. The molecule has 6 nitrogen and oxygen atoms in total. The van der Waals surface area contributed by atoms with E-state index in [1.807, 2.05) is 0 Å². The van der Waals surface area contributed by atoms with E-state index in [0.717, 1.165) is 11.6 Å². The van der Waals surface area contributed by atoms with Gasteiger partial charge in [0, 0.05) is 6.54 Å². The number of nitrogens with zero attached hydrogens (tertiary/aromatic N) is 2. The highest BCUT2D eigenvalue weighted by Crippen LogP contribution is 2.42. The SMILES string of the molecule is COC(=O)c1cccc2c1CN(C(=N)c1nc(C(F)(F)F)ccc1O)C2(C)C. The summed E-state index contributed by atoms with van der Waals surface area (Å²) < 4.78 is 43.8. The monoisotopic (exact) mass is 393 g/mol. The van der Waals surface area contributed by atoms with Gasteiger partial charge in [0.25, 0.3) is 0 Å². The fourth-order valence-corrected chi connectivity index (χ4v) is 3.40. The third kappa shape index (κ3) is 3.06. The van der Waals surface area contributed by atoms with E-state index in [0.29, 0.717) is 17.2 Å². The zero-order valence-electron chi connectivity index (χ0n) is 15.4. The minimum absolute atomic E-state index is 0.0871. The number of amidine groups is 1. The van der Waals surface area contributed by atoms with Gasteiger partial charge in [0.15, 0.2) is 5.84 Å². The summed E-state index contributed by atoms with van der Waals surface area (Å²) >= 11 is 0. The highest BCUT2D eigenvalue weighted by molar-refractivity contribution is 5.99. The lowest BCUT2D eigenvalue weighted by molar-refractivity contribution is -0.141. The van der Waals surface area contributed by atoms with Gasteiger partial charge in [-0.15, -0.1) is 0 Å². The van der Waals surface area contributed by atoms with Gasteiger partial charge in [-0.1, -0.05) is 12.1 Å². The number of alkyl halides is 3. The average molecular weight is 393 g/mol. The van der Waals surface area contributed by atoms with E-state index in [1.165, 1.54) is 12.0 Å². The summed E-state index contributed by atoms with van der Waals surface area (Å²) in [5.74, 6) is -1.44. The molecule has 0 aliphatic carbocycles. The van der Waals surface area contributed by atoms with Crippen LogP contribution in [0.2, 0.25) is 0 Å². The van der Waals surface area contributed by atoms with Gasteiger partial charge in [0.1, 0.15) is 17.1 Å². The molecule has 0 saturated carbocycles. The van der Waals surface area contributed by atoms with Crippen molar-refractivity contribution in [1.29, 1.82) is 5.41 Å². The van der Waals surface area contributed by atoms with Crippen LogP contribution in [0.4, 0.5) is 13.2 Å². The Kier molecular flexibility index (Phi) is 4.57. The number of methoxy groups -OCH3 is 1. The second-order valence-corrected chi connectivity index (χ2v) is 6.88. The molecule has 2 heterocycles. The second kappa shape index (κ2) is 6.50. The molecule has 0 fully saturated rings. The van der Waals surface area contributed by atoms with Crippen molar-refractivity contribution in [3.63, 3.8) is 0 Å². The van der Waals surface area contributed by atoms with Crippen LogP contribution >= 0.6 is 0 Å². The van der Waals surface area contributed by atoms with Crippen LogP contribution in [0.25, 0.3) is 0 Å². The Hall–Kier alpha value is -3.10. The van der Waals surface area contributed by atoms with E-state index >= 15 is 0 Å². The summed E-state index contributed by atoms with van der Waals surface area (Å²) in [6, 6.07) is 6.59. The molecule has 9 heteroatoms. The number of benzene rings is 1. The molecule has 1 aliphatic heterocycles. The number of carbonyl (C=O) groups is 1. The Bertz CT molecular complexity index is 971. The first-order chi connectivity index (χ1) is 13.0. The molecule has 0 amide bonds. The molecule has 28 heavy (non-hydrogen) atoms. The first kappa shape index (κ1) is 19.7.